The van der Waals surface area contributed by atoms with E-state index in [9.17, 15) is 9.59 Å². The highest BCUT2D eigenvalue weighted by Crippen LogP contribution is 2.26. The van der Waals surface area contributed by atoms with Crippen molar-refractivity contribution in [1.82, 2.24) is 5.32 Å². The van der Waals surface area contributed by atoms with E-state index in [-0.39, 0.29) is 23.0 Å². The fraction of sp³-hybridized carbons (Fsp3) is 0.500. The SMILES string of the molecule is COC(C)(C)CCOC(C)(C)CCNC(=O)CCCCC(=O)N1Cc2ccccc2C#Cc2ccccc21. The number of amides is 2. The van der Waals surface area contributed by atoms with E-state index in [2.05, 4.69) is 17.2 Å². The van der Waals surface area contributed by atoms with E-state index in [1.54, 1.807) is 7.11 Å². The molecule has 0 aliphatic carbocycles. The fourth-order valence-electron chi connectivity index (χ4n) is 4.24. The number of carbonyl (C=O) groups excluding carboxylic acids is 2. The number of hydrogen-bond acceptors (Lipinski definition) is 4. The Labute approximate surface area is 228 Å². The molecule has 6 nitrogen and oxygen atoms in total. The average Bonchev–Trinajstić information content (AvgIpc) is 2.87. The Morgan fingerprint density at radius 1 is 0.895 bits per heavy atom. The van der Waals surface area contributed by atoms with Crippen molar-refractivity contribution in [2.75, 3.05) is 25.2 Å². The lowest BCUT2D eigenvalue weighted by molar-refractivity contribution is -0.122. The van der Waals surface area contributed by atoms with Gasteiger partial charge in [-0.1, -0.05) is 42.2 Å². The molecule has 1 N–H and O–H groups in total. The fourth-order valence-corrected chi connectivity index (χ4v) is 4.24. The molecule has 204 valence electrons. The number of rotatable bonds is 13. The second-order valence-corrected chi connectivity index (χ2v) is 11.0. The van der Waals surface area contributed by atoms with E-state index in [1.807, 2.05) is 81.1 Å². The van der Waals surface area contributed by atoms with Crippen molar-refractivity contribution in [3.63, 3.8) is 0 Å². The molecule has 2 aromatic rings. The first-order chi connectivity index (χ1) is 18.1. The number of fused-ring (bicyclic) bond motifs is 2. The first kappa shape index (κ1) is 29.4. The summed E-state index contributed by atoms with van der Waals surface area (Å²) in [6, 6.07) is 15.7. The highest BCUT2D eigenvalue weighted by molar-refractivity contribution is 5.95. The van der Waals surface area contributed by atoms with E-state index in [4.69, 9.17) is 9.47 Å². The smallest absolute Gasteiger partial charge is 0.227 e. The molecule has 0 saturated carbocycles. The van der Waals surface area contributed by atoms with Gasteiger partial charge in [0.25, 0.3) is 0 Å². The topological polar surface area (TPSA) is 67.9 Å². The number of methoxy groups -OCH3 is 1. The highest BCUT2D eigenvalue weighted by atomic mass is 16.5. The van der Waals surface area contributed by atoms with Crippen molar-refractivity contribution in [1.29, 1.82) is 0 Å². The molecule has 0 spiro atoms. The third-order valence-corrected chi connectivity index (χ3v) is 7.02. The van der Waals surface area contributed by atoms with Crippen molar-refractivity contribution in [2.24, 2.45) is 0 Å². The lowest BCUT2D eigenvalue weighted by Gasteiger charge is -2.29. The quantitative estimate of drug-likeness (QED) is 0.276. The van der Waals surface area contributed by atoms with Crippen molar-refractivity contribution < 1.29 is 19.1 Å². The Morgan fingerprint density at radius 2 is 1.55 bits per heavy atom. The van der Waals surface area contributed by atoms with Gasteiger partial charge in [-0.2, -0.15) is 0 Å². The van der Waals surface area contributed by atoms with Crippen LogP contribution in [0.1, 0.15) is 82.9 Å². The molecule has 0 radical (unpaired) electrons. The van der Waals surface area contributed by atoms with Gasteiger partial charge >= 0.3 is 0 Å². The molecule has 0 aromatic heterocycles. The second kappa shape index (κ2) is 13.6. The predicted octanol–water partition coefficient (Wildman–Crippen LogP) is 5.61. The molecule has 2 amide bonds. The van der Waals surface area contributed by atoms with Gasteiger partial charge in [0.2, 0.25) is 11.8 Å². The number of nitrogens with one attached hydrogen (secondary N) is 1. The largest absolute Gasteiger partial charge is 0.379 e. The van der Waals surface area contributed by atoms with Gasteiger partial charge in [0.15, 0.2) is 0 Å². The monoisotopic (exact) mass is 518 g/mol. The van der Waals surface area contributed by atoms with Crippen LogP contribution < -0.4 is 10.2 Å². The molecule has 0 fully saturated rings. The first-order valence-electron chi connectivity index (χ1n) is 13.6. The number of ether oxygens (including phenoxy) is 2. The third-order valence-electron chi connectivity index (χ3n) is 7.02. The van der Waals surface area contributed by atoms with Gasteiger partial charge < -0.3 is 19.7 Å². The van der Waals surface area contributed by atoms with Gasteiger partial charge in [-0.05, 0) is 77.1 Å². The van der Waals surface area contributed by atoms with Gasteiger partial charge in [0.1, 0.15) is 0 Å². The van der Waals surface area contributed by atoms with Crippen LogP contribution in [0.25, 0.3) is 0 Å². The van der Waals surface area contributed by atoms with Crippen LogP contribution in [-0.4, -0.2) is 43.3 Å². The van der Waals surface area contributed by atoms with E-state index in [1.165, 1.54) is 0 Å². The molecule has 3 rings (SSSR count). The van der Waals surface area contributed by atoms with Crippen LogP contribution in [-0.2, 0) is 25.6 Å². The number of unbranched alkanes of at least 4 members (excludes halogenated alkanes) is 1. The van der Waals surface area contributed by atoms with Crippen LogP contribution >= 0.6 is 0 Å². The lowest BCUT2D eigenvalue weighted by Crippen LogP contribution is -2.34. The Morgan fingerprint density at radius 3 is 2.32 bits per heavy atom. The summed E-state index contributed by atoms with van der Waals surface area (Å²) < 4.78 is 11.4. The minimum atomic E-state index is -0.325. The molecular formula is C32H42N2O4. The maximum Gasteiger partial charge on any atom is 0.227 e. The van der Waals surface area contributed by atoms with Crippen molar-refractivity contribution in [2.45, 2.75) is 84.0 Å². The normalized spacial score (nSPS) is 12.9. The predicted molar refractivity (Wildman–Crippen MR) is 152 cm³/mol. The highest BCUT2D eigenvalue weighted by Gasteiger charge is 2.23. The van der Waals surface area contributed by atoms with E-state index in [0.29, 0.717) is 45.4 Å². The van der Waals surface area contributed by atoms with Crippen molar-refractivity contribution in [3.05, 3.63) is 65.2 Å². The zero-order valence-corrected chi connectivity index (χ0v) is 23.6. The van der Waals surface area contributed by atoms with Crippen molar-refractivity contribution >= 4 is 17.5 Å². The van der Waals surface area contributed by atoms with Crippen LogP contribution in [0.2, 0.25) is 0 Å². The molecule has 0 bridgehead atoms. The molecule has 0 saturated heterocycles. The summed E-state index contributed by atoms with van der Waals surface area (Å²) in [5.74, 6) is 6.53. The number of hydrogen-bond donors (Lipinski definition) is 1. The number of carbonyl (C=O) groups is 2. The first-order valence-corrected chi connectivity index (χ1v) is 13.6. The third kappa shape index (κ3) is 9.01. The maximum absolute atomic E-state index is 13.3. The average molecular weight is 519 g/mol. The summed E-state index contributed by atoms with van der Waals surface area (Å²) in [7, 11) is 1.71. The van der Waals surface area contributed by atoms with Gasteiger partial charge in [-0.3, -0.25) is 9.59 Å². The van der Waals surface area contributed by atoms with Gasteiger partial charge in [-0.15, -0.1) is 0 Å². The molecule has 6 heteroatoms. The number of nitrogens with zero attached hydrogens (tertiary/aromatic N) is 1. The Bertz CT molecular complexity index is 1160. The Kier molecular flexibility index (Phi) is 10.5. The number of anilines is 1. The summed E-state index contributed by atoms with van der Waals surface area (Å²) >= 11 is 0. The number of para-hydroxylation sites is 1. The summed E-state index contributed by atoms with van der Waals surface area (Å²) in [4.78, 5) is 27.5. The van der Waals surface area contributed by atoms with E-state index in [0.717, 1.165) is 35.2 Å². The van der Waals surface area contributed by atoms with Crippen LogP contribution in [0, 0.1) is 11.8 Å². The maximum atomic E-state index is 13.3. The minimum absolute atomic E-state index is 0.00886. The van der Waals surface area contributed by atoms with Gasteiger partial charge in [0.05, 0.1) is 30.0 Å². The summed E-state index contributed by atoms with van der Waals surface area (Å²) in [6.07, 6.45) is 3.64. The molecule has 1 aliphatic rings. The van der Waals surface area contributed by atoms with Crippen LogP contribution in [0.15, 0.2) is 48.5 Å². The molecular weight excluding hydrogens is 476 g/mol. The Balaban J connectivity index is 1.42. The van der Waals surface area contributed by atoms with E-state index < -0.39 is 0 Å². The zero-order valence-electron chi connectivity index (χ0n) is 23.6. The van der Waals surface area contributed by atoms with Gasteiger partial charge in [0, 0.05) is 37.6 Å². The molecule has 2 aromatic carbocycles. The van der Waals surface area contributed by atoms with Gasteiger partial charge in [-0.25, -0.2) is 0 Å². The zero-order chi connectivity index (χ0) is 27.6. The summed E-state index contributed by atoms with van der Waals surface area (Å²) in [6.45, 7) is 9.81. The van der Waals surface area contributed by atoms with Crippen LogP contribution in [0.3, 0.4) is 0 Å². The summed E-state index contributed by atoms with van der Waals surface area (Å²) in [5, 5.41) is 2.99. The molecule has 0 unspecified atom stereocenters. The molecule has 38 heavy (non-hydrogen) atoms. The molecule has 1 aliphatic heterocycles. The number of benzene rings is 2. The molecule has 1 heterocycles. The molecule has 0 atom stereocenters. The van der Waals surface area contributed by atoms with Crippen LogP contribution in [0.5, 0.6) is 0 Å². The van der Waals surface area contributed by atoms with E-state index >= 15 is 0 Å². The van der Waals surface area contributed by atoms with Crippen molar-refractivity contribution in [3.8, 4) is 11.8 Å². The second-order valence-electron chi connectivity index (χ2n) is 11.0. The van der Waals surface area contributed by atoms with Crippen LogP contribution in [0.4, 0.5) is 5.69 Å². The standard InChI is InChI=1S/C32H42N2O4/c1-31(2,37-5)21-23-38-32(3,4)20-22-33-29(35)16-10-11-17-30(36)34-24-27-14-7-6-12-25(27)18-19-26-13-8-9-15-28(26)34/h6-9,12-15H,10-11,16-17,20-24H2,1-5H3,(H,33,35). The Hall–Kier alpha value is -3.14. The lowest BCUT2D eigenvalue weighted by atomic mass is 10.0. The summed E-state index contributed by atoms with van der Waals surface area (Å²) in [5.41, 5.74) is 3.15. The minimum Gasteiger partial charge on any atom is -0.379 e.